The van der Waals surface area contributed by atoms with Gasteiger partial charge in [0.05, 0.1) is 12.0 Å². The first kappa shape index (κ1) is 31.9. The number of carboxylic acids is 1. The average molecular weight is 484 g/mol. The lowest BCUT2D eigenvalue weighted by molar-refractivity contribution is -0.136. The molecule has 6 nitrogen and oxygen atoms in total. The molecule has 0 radical (unpaired) electrons. The summed E-state index contributed by atoms with van der Waals surface area (Å²) in [6, 6.07) is 18.4. The molecule has 3 aromatic carbocycles. The molecule has 3 rings (SSSR count). The minimum atomic E-state index is -0.798. The second kappa shape index (κ2) is 15.8. The van der Waals surface area contributed by atoms with Crippen LogP contribution < -0.4 is 5.73 Å². The maximum absolute atomic E-state index is 11.3. The maximum atomic E-state index is 11.3. The smallest absolute Gasteiger partial charge is 0.307 e. The molecule has 0 aromatic heterocycles. The Bertz CT molecular complexity index is 1060. The summed E-state index contributed by atoms with van der Waals surface area (Å²) in [4.78, 5) is 20.8. The van der Waals surface area contributed by atoms with Crippen molar-refractivity contribution in [2.45, 2.75) is 66.1 Å². The molecule has 35 heavy (non-hydrogen) atoms. The Hall–Kier alpha value is -3.06. The molecule has 0 saturated carbocycles. The first-order chi connectivity index (χ1) is 16.4. The third kappa shape index (κ3) is 11.8. The number of aldehydes is 1. The van der Waals surface area contributed by atoms with Crippen LogP contribution in [0.4, 0.5) is 0 Å². The van der Waals surface area contributed by atoms with Gasteiger partial charge in [-0.05, 0) is 86.7 Å². The molecule has 0 aliphatic heterocycles. The van der Waals surface area contributed by atoms with E-state index in [1.54, 1.807) is 27.7 Å². The van der Waals surface area contributed by atoms with Gasteiger partial charge >= 0.3 is 5.97 Å². The van der Waals surface area contributed by atoms with Gasteiger partial charge in [-0.1, -0.05) is 61.5 Å². The fourth-order valence-corrected chi connectivity index (χ4v) is 3.17. The van der Waals surface area contributed by atoms with E-state index in [-0.39, 0.29) is 6.42 Å². The van der Waals surface area contributed by atoms with E-state index >= 15 is 0 Å². The highest BCUT2D eigenvalue weighted by atomic mass is 16.4. The van der Waals surface area contributed by atoms with Gasteiger partial charge in [-0.3, -0.25) is 4.79 Å². The molecular weight excluding hydrogens is 442 g/mol. The average Bonchev–Trinajstić information content (AvgIpc) is 2.80. The van der Waals surface area contributed by atoms with Gasteiger partial charge in [0, 0.05) is 0 Å². The van der Waals surface area contributed by atoms with Crippen molar-refractivity contribution in [2.75, 3.05) is 7.05 Å². The number of aliphatic hydroxyl groups is 2. The van der Waals surface area contributed by atoms with Crippen LogP contribution in [-0.4, -0.2) is 46.3 Å². The number of aryl methyl sites for hydroxylation is 2. The van der Waals surface area contributed by atoms with Gasteiger partial charge in [0.2, 0.25) is 0 Å². The number of hydrogen-bond donors (Lipinski definition) is 4. The van der Waals surface area contributed by atoms with Crippen molar-refractivity contribution in [1.82, 2.24) is 0 Å². The molecule has 3 aromatic rings. The molecule has 0 heterocycles. The zero-order valence-electron chi connectivity index (χ0n) is 22.0. The summed E-state index contributed by atoms with van der Waals surface area (Å²) in [5, 5.41) is 28.4. The molecule has 0 amide bonds. The number of aliphatic carboxylic acids is 1. The van der Waals surface area contributed by atoms with E-state index in [4.69, 9.17) is 10.2 Å². The van der Waals surface area contributed by atoms with Crippen LogP contribution >= 0.6 is 0 Å². The van der Waals surface area contributed by atoms with Crippen molar-refractivity contribution in [3.8, 4) is 11.1 Å². The minimum Gasteiger partial charge on any atom is -0.481 e. The number of hydrogen-bond acceptors (Lipinski definition) is 5. The van der Waals surface area contributed by atoms with Gasteiger partial charge in [0.1, 0.15) is 12.4 Å². The first-order valence-corrected chi connectivity index (χ1v) is 11.6. The Morgan fingerprint density at radius 2 is 1.51 bits per heavy atom. The standard InChI is InChI=1S/C20H18O2.C4H8O2.C4H10O.CH5N/c1-13-7-3-5-9-16(13)20-17-10-6-4-8-15(17)11-14(2)18(20)12-19(21)22;1-2-4(6)3-5;1-4(2,3)5;1-2/h3-11H,12H2,1-2H3,(H,21,22);3-4,6H,2H2,1H3;5H,1-3H3;2H2,1H3. The molecule has 6 heteroatoms. The van der Waals surface area contributed by atoms with E-state index in [0.29, 0.717) is 12.7 Å². The summed E-state index contributed by atoms with van der Waals surface area (Å²) in [6.45, 7) is 11.0. The lowest BCUT2D eigenvalue weighted by Gasteiger charge is -2.17. The van der Waals surface area contributed by atoms with Gasteiger partial charge in [0.15, 0.2) is 0 Å². The van der Waals surface area contributed by atoms with Crippen LogP contribution in [0, 0.1) is 13.8 Å². The maximum Gasteiger partial charge on any atom is 0.307 e. The van der Waals surface area contributed by atoms with E-state index in [0.717, 1.165) is 38.6 Å². The zero-order chi connectivity index (χ0) is 27.2. The number of nitrogens with two attached hydrogens (primary N) is 1. The Morgan fingerprint density at radius 1 is 1.00 bits per heavy atom. The van der Waals surface area contributed by atoms with Crippen LogP contribution in [0.25, 0.3) is 21.9 Å². The highest BCUT2D eigenvalue weighted by molar-refractivity contribution is 6.00. The molecule has 0 aliphatic rings. The van der Waals surface area contributed by atoms with Crippen molar-refractivity contribution < 1.29 is 24.9 Å². The Kier molecular flexibility index (Phi) is 14.4. The minimum absolute atomic E-state index is 0.0420. The van der Waals surface area contributed by atoms with Crippen LogP contribution in [0.1, 0.15) is 50.8 Å². The zero-order valence-corrected chi connectivity index (χ0v) is 22.0. The largest absolute Gasteiger partial charge is 0.481 e. The van der Waals surface area contributed by atoms with Crippen molar-refractivity contribution in [3.63, 3.8) is 0 Å². The molecule has 1 unspecified atom stereocenters. The van der Waals surface area contributed by atoms with Crippen LogP contribution in [0.3, 0.4) is 0 Å². The summed E-state index contributed by atoms with van der Waals surface area (Å²) < 4.78 is 0. The van der Waals surface area contributed by atoms with Crippen molar-refractivity contribution >= 4 is 23.0 Å². The van der Waals surface area contributed by atoms with Gasteiger partial charge in [0.25, 0.3) is 0 Å². The first-order valence-electron chi connectivity index (χ1n) is 11.6. The molecule has 5 N–H and O–H groups in total. The number of fused-ring (bicyclic) bond motifs is 1. The summed E-state index contributed by atoms with van der Waals surface area (Å²) >= 11 is 0. The lowest BCUT2D eigenvalue weighted by atomic mass is 9.87. The van der Waals surface area contributed by atoms with E-state index < -0.39 is 17.7 Å². The van der Waals surface area contributed by atoms with Gasteiger partial charge in [-0.2, -0.15) is 0 Å². The Morgan fingerprint density at radius 3 is 1.97 bits per heavy atom. The molecule has 0 aliphatic carbocycles. The predicted octanol–water partition coefficient (Wildman–Crippen LogP) is 5.06. The number of carbonyl (C=O) groups excluding carboxylic acids is 1. The third-order valence-corrected chi connectivity index (χ3v) is 4.70. The summed E-state index contributed by atoms with van der Waals surface area (Å²) in [6.07, 6.45) is 0.342. The third-order valence-electron chi connectivity index (χ3n) is 4.70. The van der Waals surface area contributed by atoms with Crippen molar-refractivity contribution in [1.29, 1.82) is 0 Å². The molecule has 0 saturated heterocycles. The van der Waals surface area contributed by atoms with Crippen LogP contribution in [0.15, 0.2) is 54.6 Å². The normalized spacial score (nSPS) is 11.0. The topological polar surface area (TPSA) is 121 Å². The number of carboxylic acid groups (broad SMARTS) is 1. The molecular formula is C29H41NO5. The van der Waals surface area contributed by atoms with E-state index in [1.165, 1.54) is 7.05 Å². The van der Waals surface area contributed by atoms with Gasteiger partial charge in [-0.15, -0.1) is 0 Å². The van der Waals surface area contributed by atoms with Gasteiger partial charge < -0.3 is 25.8 Å². The van der Waals surface area contributed by atoms with Gasteiger partial charge in [-0.25, -0.2) is 0 Å². The van der Waals surface area contributed by atoms with Crippen LogP contribution in [0.5, 0.6) is 0 Å². The Labute approximate surface area is 209 Å². The van der Waals surface area contributed by atoms with E-state index in [1.807, 2.05) is 31.2 Å². The van der Waals surface area contributed by atoms with E-state index in [9.17, 15) is 14.7 Å². The predicted molar refractivity (Wildman–Crippen MR) is 145 cm³/mol. The monoisotopic (exact) mass is 483 g/mol. The summed E-state index contributed by atoms with van der Waals surface area (Å²) in [5.41, 5.74) is 9.25. The fourth-order valence-electron chi connectivity index (χ4n) is 3.17. The summed E-state index contributed by atoms with van der Waals surface area (Å²) in [7, 11) is 1.50. The molecule has 0 fully saturated rings. The van der Waals surface area contributed by atoms with E-state index in [2.05, 4.69) is 43.0 Å². The number of rotatable bonds is 5. The fraction of sp³-hybridized carbons (Fsp3) is 0.379. The lowest BCUT2D eigenvalue weighted by Crippen LogP contribution is -2.10. The molecule has 192 valence electrons. The highest BCUT2D eigenvalue weighted by Gasteiger charge is 2.16. The molecule has 0 spiro atoms. The molecule has 0 bridgehead atoms. The SMILES string of the molecule is CC(C)(C)O.CCC(O)C=O.CN.Cc1ccccc1-c1c(CC(=O)O)c(C)cc2ccccc12. The number of benzene rings is 3. The number of carbonyl (C=O) groups is 2. The molecule has 1 atom stereocenters. The Balaban J connectivity index is 0.000000742. The van der Waals surface area contributed by atoms with Crippen LogP contribution in [0.2, 0.25) is 0 Å². The number of aliphatic hydroxyl groups excluding tert-OH is 1. The quantitative estimate of drug-likeness (QED) is 0.377. The summed E-state index contributed by atoms with van der Waals surface area (Å²) in [5.74, 6) is -0.798. The van der Waals surface area contributed by atoms with Crippen molar-refractivity contribution in [2.24, 2.45) is 5.73 Å². The second-order valence-corrected chi connectivity index (χ2v) is 8.94. The van der Waals surface area contributed by atoms with Crippen LogP contribution in [-0.2, 0) is 16.0 Å². The second-order valence-electron chi connectivity index (χ2n) is 8.94. The van der Waals surface area contributed by atoms with Crippen molar-refractivity contribution in [3.05, 3.63) is 71.3 Å². The highest BCUT2D eigenvalue weighted by Crippen LogP contribution is 2.36.